The molecule has 0 heterocycles. The van der Waals surface area contributed by atoms with E-state index in [1.807, 2.05) is 13.8 Å². The number of hydrogen-bond acceptors (Lipinski definition) is 2. The van der Waals surface area contributed by atoms with Crippen molar-refractivity contribution in [2.24, 2.45) is 0 Å². The van der Waals surface area contributed by atoms with Crippen molar-refractivity contribution in [1.29, 1.82) is 0 Å². The van der Waals surface area contributed by atoms with E-state index >= 15 is 0 Å². The highest BCUT2D eigenvalue weighted by atomic mass is 16.2. The number of carbonyl (C=O) groups excluding carboxylic acids is 1. The minimum atomic E-state index is -0.130. The van der Waals surface area contributed by atoms with Crippen LogP contribution >= 0.6 is 0 Å². The third-order valence-electron chi connectivity index (χ3n) is 1.39. The second-order valence-corrected chi connectivity index (χ2v) is 2.69. The van der Waals surface area contributed by atoms with Crippen molar-refractivity contribution in [1.82, 2.24) is 10.6 Å². The van der Waals surface area contributed by atoms with Crippen LogP contribution in [-0.4, -0.2) is 25.5 Å². The first-order valence-electron chi connectivity index (χ1n) is 3.67. The number of likely N-dealkylation sites (N-methyl/N-ethyl adjacent to an activating group) is 1. The summed E-state index contributed by atoms with van der Waals surface area (Å²) >= 11 is 0. The molecule has 3 nitrogen and oxygen atoms in total. The van der Waals surface area contributed by atoms with E-state index in [0.29, 0.717) is 6.54 Å². The van der Waals surface area contributed by atoms with E-state index in [1.54, 1.807) is 7.05 Å². The van der Waals surface area contributed by atoms with Gasteiger partial charge in [0.05, 0.1) is 6.04 Å². The van der Waals surface area contributed by atoms with E-state index in [-0.39, 0.29) is 11.9 Å². The van der Waals surface area contributed by atoms with Gasteiger partial charge in [0.25, 0.3) is 0 Å². The molecule has 0 aliphatic carbocycles. The Bertz CT molecular complexity index is 154. The van der Waals surface area contributed by atoms with Crippen molar-refractivity contribution >= 4 is 5.91 Å². The van der Waals surface area contributed by atoms with Crippen LogP contribution in [0.1, 0.15) is 13.8 Å². The van der Waals surface area contributed by atoms with Gasteiger partial charge in [0, 0.05) is 6.54 Å². The first-order chi connectivity index (χ1) is 5.07. The van der Waals surface area contributed by atoms with Crippen molar-refractivity contribution in [2.45, 2.75) is 19.9 Å². The lowest BCUT2D eigenvalue weighted by Gasteiger charge is -2.10. The largest absolute Gasteiger partial charge is 0.351 e. The second-order valence-electron chi connectivity index (χ2n) is 2.69. The number of carbonyl (C=O) groups is 1. The molecule has 3 heteroatoms. The van der Waals surface area contributed by atoms with Gasteiger partial charge in [-0.1, -0.05) is 12.2 Å². The van der Waals surface area contributed by atoms with Gasteiger partial charge in [0.1, 0.15) is 0 Å². The zero-order valence-corrected chi connectivity index (χ0v) is 7.40. The molecule has 0 saturated heterocycles. The van der Waals surface area contributed by atoms with Crippen LogP contribution in [0.15, 0.2) is 12.2 Å². The molecule has 0 aliphatic heterocycles. The molecule has 1 unspecified atom stereocenters. The Morgan fingerprint density at radius 2 is 2.18 bits per heavy atom. The maximum atomic E-state index is 11.1. The van der Waals surface area contributed by atoms with Gasteiger partial charge < -0.3 is 10.6 Å². The topological polar surface area (TPSA) is 41.1 Å². The van der Waals surface area contributed by atoms with Crippen LogP contribution in [0.25, 0.3) is 0 Å². The van der Waals surface area contributed by atoms with Crippen molar-refractivity contribution in [3.8, 4) is 0 Å². The minimum absolute atomic E-state index is 0.00972. The summed E-state index contributed by atoms with van der Waals surface area (Å²) in [7, 11) is 1.75. The molecule has 0 aromatic carbocycles. The predicted molar refractivity (Wildman–Crippen MR) is 46.3 cm³/mol. The molecule has 1 atom stereocenters. The number of rotatable bonds is 4. The van der Waals surface area contributed by atoms with Gasteiger partial charge in [-0.25, -0.2) is 0 Å². The summed E-state index contributed by atoms with van der Waals surface area (Å²) in [6.45, 7) is 7.93. The molecular weight excluding hydrogens is 140 g/mol. The van der Waals surface area contributed by atoms with Crippen LogP contribution in [0.5, 0.6) is 0 Å². The van der Waals surface area contributed by atoms with Crippen LogP contribution < -0.4 is 10.6 Å². The fourth-order valence-electron chi connectivity index (χ4n) is 0.522. The van der Waals surface area contributed by atoms with E-state index in [9.17, 15) is 4.79 Å². The van der Waals surface area contributed by atoms with Crippen molar-refractivity contribution in [2.75, 3.05) is 13.6 Å². The lowest BCUT2D eigenvalue weighted by molar-refractivity contribution is -0.122. The molecule has 0 spiro atoms. The summed E-state index contributed by atoms with van der Waals surface area (Å²) in [6, 6.07) is -0.130. The van der Waals surface area contributed by atoms with Gasteiger partial charge >= 0.3 is 0 Å². The first kappa shape index (κ1) is 10.2. The third kappa shape index (κ3) is 4.56. The van der Waals surface area contributed by atoms with Gasteiger partial charge in [0.2, 0.25) is 5.91 Å². The highest BCUT2D eigenvalue weighted by molar-refractivity contribution is 5.81. The van der Waals surface area contributed by atoms with Gasteiger partial charge in [-0.15, -0.1) is 0 Å². The van der Waals surface area contributed by atoms with Crippen LogP contribution in [0.4, 0.5) is 0 Å². The Labute approximate surface area is 67.9 Å². The molecule has 0 rings (SSSR count). The number of nitrogens with one attached hydrogen (secondary N) is 2. The minimum Gasteiger partial charge on any atom is -0.351 e. The monoisotopic (exact) mass is 156 g/mol. The molecule has 1 amide bonds. The van der Waals surface area contributed by atoms with E-state index in [4.69, 9.17) is 0 Å². The molecule has 0 saturated carbocycles. The Morgan fingerprint density at radius 3 is 2.55 bits per heavy atom. The first-order valence-corrected chi connectivity index (χ1v) is 3.67. The molecule has 11 heavy (non-hydrogen) atoms. The summed E-state index contributed by atoms with van der Waals surface area (Å²) < 4.78 is 0. The molecule has 0 aliphatic rings. The quantitative estimate of drug-likeness (QED) is 0.574. The van der Waals surface area contributed by atoms with Crippen LogP contribution in [0.3, 0.4) is 0 Å². The Balaban J connectivity index is 3.60. The maximum absolute atomic E-state index is 11.1. The fraction of sp³-hybridized carbons (Fsp3) is 0.625. The summed E-state index contributed by atoms with van der Waals surface area (Å²) in [5.41, 5.74) is 0.960. The van der Waals surface area contributed by atoms with Crippen molar-refractivity contribution < 1.29 is 4.79 Å². The Kier molecular flexibility index (Phi) is 4.54. The van der Waals surface area contributed by atoms with E-state index in [0.717, 1.165) is 5.57 Å². The van der Waals surface area contributed by atoms with E-state index in [1.165, 1.54) is 0 Å². The summed E-state index contributed by atoms with van der Waals surface area (Å²) in [4.78, 5) is 11.1. The lowest BCUT2D eigenvalue weighted by atomic mass is 10.3. The van der Waals surface area contributed by atoms with E-state index < -0.39 is 0 Å². The van der Waals surface area contributed by atoms with Crippen molar-refractivity contribution in [3.63, 3.8) is 0 Å². The smallest absolute Gasteiger partial charge is 0.237 e. The average molecular weight is 156 g/mol. The molecule has 0 bridgehead atoms. The maximum Gasteiger partial charge on any atom is 0.237 e. The highest BCUT2D eigenvalue weighted by Crippen LogP contribution is 1.84. The molecule has 0 aromatic rings. The standard InChI is InChI=1S/C8H16N2O/c1-6(2)5-10-8(11)7(3)9-4/h7,9H,1,5H2,2-4H3,(H,10,11). The molecular formula is C8H16N2O. The van der Waals surface area contributed by atoms with Gasteiger partial charge in [-0.05, 0) is 20.9 Å². The Hall–Kier alpha value is -0.830. The van der Waals surface area contributed by atoms with Gasteiger partial charge in [-0.2, -0.15) is 0 Å². The average Bonchev–Trinajstić information content (AvgIpc) is 1.98. The zero-order chi connectivity index (χ0) is 8.85. The van der Waals surface area contributed by atoms with Crippen LogP contribution in [-0.2, 0) is 4.79 Å². The molecule has 2 N–H and O–H groups in total. The normalized spacial score (nSPS) is 12.3. The second kappa shape index (κ2) is 4.91. The van der Waals surface area contributed by atoms with Gasteiger partial charge in [0.15, 0.2) is 0 Å². The van der Waals surface area contributed by atoms with Crippen LogP contribution in [0, 0.1) is 0 Å². The SMILES string of the molecule is C=C(C)CNC(=O)C(C)NC. The van der Waals surface area contributed by atoms with E-state index in [2.05, 4.69) is 17.2 Å². The number of amides is 1. The summed E-state index contributed by atoms with van der Waals surface area (Å²) in [5, 5.41) is 5.58. The molecule has 0 radical (unpaired) electrons. The summed E-state index contributed by atoms with van der Waals surface area (Å²) in [6.07, 6.45) is 0. The summed E-state index contributed by atoms with van der Waals surface area (Å²) in [5.74, 6) is 0.00972. The lowest BCUT2D eigenvalue weighted by Crippen LogP contribution is -2.40. The number of hydrogen-bond donors (Lipinski definition) is 2. The van der Waals surface area contributed by atoms with Crippen molar-refractivity contribution in [3.05, 3.63) is 12.2 Å². The Morgan fingerprint density at radius 1 is 1.64 bits per heavy atom. The predicted octanol–water partition coefficient (Wildman–Crippen LogP) is 0.287. The highest BCUT2D eigenvalue weighted by Gasteiger charge is 2.07. The molecule has 0 aromatic heterocycles. The van der Waals surface area contributed by atoms with Gasteiger partial charge in [-0.3, -0.25) is 4.79 Å². The molecule has 64 valence electrons. The third-order valence-corrected chi connectivity index (χ3v) is 1.39. The molecule has 0 fully saturated rings. The van der Waals surface area contributed by atoms with Crippen LogP contribution in [0.2, 0.25) is 0 Å². The zero-order valence-electron chi connectivity index (χ0n) is 7.40. The fourth-order valence-corrected chi connectivity index (χ4v) is 0.522.